The SMILES string of the molecule is COc1ccc(O)c(C(=O)N2CCCC2c2nc3ccccc3s2)c1. The third-order valence-electron chi connectivity index (χ3n) is 4.54. The molecule has 1 unspecified atom stereocenters. The van der Waals surface area contributed by atoms with Gasteiger partial charge in [-0.25, -0.2) is 4.98 Å². The Morgan fingerprint density at radius 3 is 2.96 bits per heavy atom. The van der Waals surface area contributed by atoms with Gasteiger partial charge < -0.3 is 14.7 Å². The molecular weight excluding hydrogens is 336 g/mol. The number of fused-ring (bicyclic) bond motifs is 1. The highest BCUT2D eigenvalue weighted by atomic mass is 32.1. The number of aromatic hydroxyl groups is 1. The summed E-state index contributed by atoms with van der Waals surface area (Å²) in [6, 6.07) is 12.7. The highest BCUT2D eigenvalue weighted by molar-refractivity contribution is 7.18. The van der Waals surface area contributed by atoms with Crippen LogP contribution in [0.3, 0.4) is 0 Å². The number of hydrogen-bond donors (Lipinski definition) is 1. The Bertz CT molecular complexity index is 904. The molecule has 3 aromatic rings. The monoisotopic (exact) mass is 354 g/mol. The van der Waals surface area contributed by atoms with E-state index in [1.54, 1.807) is 30.6 Å². The number of rotatable bonds is 3. The summed E-state index contributed by atoms with van der Waals surface area (Å²) >= 11 is 1.63. The topological polar surface area (TPSA) is 62.7 Å². The minimum absolute atomic E-state index is 0.0271. The minimum atomic E-state index is -0.182. The molecule has 6 heteroatoms. The van der Waals surface area contributed by atoms with Crippen molar-refractivity contribution in [1.29, 1.82) is 0 Å². The van der Waals surface area contributed by atoms with Crippen molar-refractivity contribution >= 4 is 27.5 Å². The molecule has 1 fully saturated rings. The molecule has 2 aromatic carbocycles. The third kappa shape index (κ3) is 2.82. The van der Waals surface area contributed by atoms with E-state index in [-0.39, 0.29) is 23.3 Å². The van der Waals surface area contributed by atoms with Crippen LogP contribution in [0.25, 0.3) is 10.2 Å². The van der Waals surface area contributed by atoms with Crippen molar-refractivity contribution in [2.75, 3.05) is 13.7 Å². The molecule has 5 nitrogen and oxygen atoms in total. The van der Waals surface area contributed by atoms with Crippen LogP contribution in [0.1, 0.15) is 34.2 Å². The number of thiazole rings is 1. The predicted molar refractivity (Wildman–Crippen MR) is 97.3 cm³/mol. The van der Waals surface area contributed by atoms with Crippen molar-refractivity contribution in [3.63, 3.8) is 0 Å². The van der Waals surface area contributed by atoms with E-state index in [9.17, 15) is 9.90 Å². The van der Waals surface area contributed by atoms with Gasteiger partial charge in [-0.2, -0.15) is 0 Å². The lowest BCUT2D eigenvalue weighted by Crippen LogP contribution is -2.30. The van der Waals surface area contributed by atoms with Crippen molar-refractivity contribution in [3.05, 3.63) is 53.0 Å². The number of aromatic nitrogens is 1. The van der Waals surface area contributed by atoms with E-state index >= 15 is 0 Å². The van der Waals surface area contributed by atoms with E-state index in [4.69, 9.17) is 9.72 Å². The van der Waals surface area contributed by atoms with Crippen LogP contribution in [0.4, 0.5) is 0 Å². The van der Waals surface area contributed by atoms with Gasteiger partial charge in [0.05, 0.1) is 28.9 Å². The van der Waals surface area contributed by atoms with E-state index in [0.717, 1.165) is 28.1 Å². The molecule has 0 radical (unpaired) electrons. The van der Waals surface area contributed by atoms with Crippen molar-refractivity contribution in [2.45, 2.75) is 18.9 Å². The van der Waals surface area contributed by atoms with Gasteiger partial charge in [0, 0.05) is 6.54 Å². The first-order valence-corrected chi connectivity index (χ1v) is 9.02. The number of hydrogen-bond acceptors (Lipinski definition) is 5. The van der Waals surface area contributed by atoms with E-state index in [0.29, 0.717) is 12.3 Å². The lowest BCUT2D eigenvalue weighted by Gasteiger charge is -2.23. The zero-order valence-corrected chi connectivity index (χ0v) is 14.6. The highest BCUT2D eigenvalue weighted by Gasteiger charge is 2.33. The first-order valence-electron chi connectivity index (χ1n) is 8.21. The molecule has 128 valence electrons. The van der Waals surface area contributed by atoms with Crippen LogP contribution in [0.5, 0.6) is 11.5 Å². The Balaban J connectivity index is 1.68. The minimum Gasteiger partial charge on any atom is -0.507 e. The molecule has 0 aliphatic carbocycles. The van der Waals surface area contributed by atoms with Crippen molar-refractivity contribution < 1.29 is 14.6 Å². The van der Waals surface area contributed by atoms with Crippen LogP contribution in [0, 0.1) is 0 Å². The molecular formula is C19H18N2O3S. The standard InChI is InChI=1S/C19H18N2O3S/c1-24-12-8-9-16(22)13(11-12)19(23)21-10-4-6-15(21)18-20-14-5-2-3-7-17(14)25-18/h2-3,5,7-9,11,15,22H,4,6,10H2,1H3. The Morgan fingerprint density at radius 2 is 2.16 bits per heavy atom. The second-order valence-corrected chi connectivity index (χ2v) is 7.12. The quantitative estimate of drug-likeness (QED) is 0.772. The molecule has 1 aliphatic rings. The number of carbonyl (C=O) groups is 1. The average molecular weight is 354 g/mol. The summed E-state index contributed by atoms with van der Waals surface area (Å²) in [4.78, 5) is 19.5. The predicted octanol–water partition coefficient (Wildman–Crippen LogP) is 3.99. The highest BCUT2D eigenvalue weighted by Crippen LogP contribution is 2.38. The third-order valence-corrected chi connectivity index (χ3v) is 5.68. The van der Waals surface area contributed by atoms with Gasteiger partial charge in [-0.1, -0.05) is 12.1 Å². The van der Waals surface area contributed by atoms with E-state index < -0.39 is 0 Å². The lowest BCUT2D eigenvalue weighted by atomic mass is 10.1. The number of benzene rings is 2. The molecule has 1 N–H and O–H groups in total. The van der Waals surface area contributed by atoms with E-state index in [1.165, 1.54) is 6.07 Å². The Labute approximate surface area is 149 Å². The van der Waals surface area contributed by atoms with Crippen LogP contribution in [0.15, 0.2) is 42.5 Å². The van der Waals surface area contributed by atoms with Gasteiger partial charge in [0.25, 0.3) is 5.91 Å². The molecule has 0 spiro atoms. The van der Waals surface area contributed by atoms with Crippen molar-refractivity contribution in [2.24, 2.45) is 0 Å². The zero-order valence-electron chi connectivity index (χ0n) is 13.8. The number of nitrogens with zero attached hydrogens (tertiary/aromatic N) is 2. The summed E-state index contributed by atoms with van der Waals surface area (Å²) in [7, 11) is 1.54. The fraction of sp³-hybridized carbons (Fsp3) is 0.263. The summed E-state index contributed by atoms with van der Waals surface area (Å²) in [6.45, 7) is 0.663. The summed E-state index contributed by atoms with van der Waals surface area (Å²) in [5.41, 5.74) is 1.23. The number of ether oxygens (including phenoxy) is 1. The summed E-state index contributed by atoms with van der Waals surface area (Å²) in [6.07, 6.45) is 1.81. The molecule has 1 atom stereocenters. The Morgan fingerprint density at radius 1 is 1.32 bits per heavy atom. The molecule has 1 amide bonds. The molecule has 0 bridgehead atoms. The van der Waals surface area contributed by atoms with Gasteiger partial charge in [-0.15, -0.1) is 11.3 Å². The number of carbonyl (C=O) groups excluding carboxylic acids is 1. The van der Waals surface area contributed by atoms with Gasteiger partial charge >= 0.3 is 0 Å². The Kier molecular flexibility index (Phi) is 4.05. The first kappa shape index (κ1) is 15.9. The second kappa shape index (κ2) is 6.37. The van der Waals surface area contributed by atoms with Crippen molar-refractivity contribution in [3.8, 4) is 11.5 Å². The van der Waals surface area contributed by atoms with Gasteiger partial charge in [-0.05, 0) is 43.2 Å². The molecule has 1 aromatic heterocycles. The van der Waals surface area contributed by atoms with Gasteiger partial charge in [0.1, 0.15) is 16.5 Å². The Hall–Kier alpha value is -2.60. The van der Waals surface area contributed by atoms with Gasteiger partial charge in [0.15, 0.2) is 0 Å². The number of amides is 1. The maximum absolute atomic E-state index is 13.0. The maximum Gasteiger partial charge on any atom is 0.258 e. The fourth-order valence-electron chi connectivity index (χ4n) is 3.27. The molecule has 1 saturated heterocycles. The second-order valence-electron chi connectivity index (χ2n) is 6.06. The van der Waals surface area contributed by atoms with Crippen LogP contribution >= 0.6 is 11.3 Å². The summed E-state index contributed by atoms with van der Waals surface area (Å²) < 4.78 is 6.31. The van der Waals surface area contributed by atoms with E-state index in [2.05, 4.69) is 0 Å². The molecule has 0 saturated carbocycles. The maximum atomic E-state index is 13.0. The molecule has 2 heterocycles. The van der Waals surface area contributed by atoms with Gasteiger partial charge in [0.2, 0.25) is 0 Å². The molecule has 4 rings (SSSR count). The number of phenolic OH excluding ortho intramolecular Hbond substituents is 1. The molecule has 25 heavy (non-hydrogen) atoms. The van der Waals surface area contributed by atoms with Crippen LogP contribution in [0.2, 0.25) is 0 Å². The fourth-order valence-corrected chi connectivity index (χ4v) is 4.38. The average Bonchev–Trinajstić information content (AvgIpc) is 3.28. The van der Waals surface area contributed by atoms with Crippen LogP contribution < -0.4 is 4.74 Å². The first-order chi connectivity index (χ1) is 12.2. The largest absolute Gasteiger partial charge is 0.507 e. The number of phenols is 1. The summed E-state index contributed by atoms with van der Waals surface area (Å²) in [5, 5.41) is 11.1. The summed E-state index contributed by atoms with van der Waals surface area (Å²) in [5.74, 6) is 0.343. The lowest BCUT2D eigenvalue weighted by molar-refractivity contribution is 0.0732. The van der Waals surface area contributed by atoms with Crippen LogP contribution in [-0.2, 0) is 0 Å². The van der Waals surface area contributed by atoms with E-state index in [1.807, 2.05) is 29.2 Å². The number of para-hydroxylation sites is 1. The smallest absolute Gasteiger partial charge is 0.258 e. The number of methoxy groups -OCH3 is 1. The normalized spacial score (nSPS) is 17.2. The van der Waals surface area contributed by atoms with Crippen molar-refractivity contribution in [1.82, 2.24) is 9.88 Å². The van der Waals surface area contributed by atoms with Crippen LogP contribution in [-0.4, -0.2) is 34.6 Å². The molecule has 1 aliphatic heterocycles. The zero-order chi connectivity index (χ0) is 17.4. The number of likely N-dealkylation sites (tertiary alicyclic amines) is 1. The van der Waals surface area contributed by atoms with Gasteiger partial charge in [-0.3, -0.25) is 4.79 Å².